The van der Waals surface area contributed by atoms with E-state index in [1.54, 1.807) is 0 Å². The van der Waals surface area contributed by atoms with Crippen LogP contribution in [-0.2, 0) is 12.8 Å². The van der Waals surface area contributed by atoms with Crippen molar-refractivity contribution in [1.82, 2.24) is 0 Å². The Labute approximate surface area is 116 Å². The first-order valence-corrected chi connectivity index (χ1v) is 6.50. The van der Waals surface area contributed by atoms with Crippen molar-refractivity contribution in [3.8, 4) is 5.75 Å². The van der Waals surface area contributed by atoms with Crippen LogP contribution in [-0.4, -0.2) is 22.5 Å². The maximum atomic E-state index is 10.2. The summed E-state index contributed by atoms with van der Waals surface area (Å²) < 4.78 is 0. The molecule has 0 aliphatic heterocycles. The van der Waals surface area contributed by atoms with E-state index in [4.69, 9.17) is 0 Å². The standard InChI is InChI=1S/C15H24O.Al.3H/c1-4-6-8-13-10-12(3)11-14(15(13)16)9-7-5-2;;;;/h10-11,16H,4-9H2,1-3H3;;;;. The second-order valence-corrected chi connectivity index (χ2v) is 4.64. The second kappa shape index (κ2) is 8.62. The lowest BCUT2D eigenvalue weighted by molar-refractivity contribution is 0.458. The molecule has 0 aliphatic carbocycles. The van der Waals surface area contributed by atoms with Crippen LogP contribution in [0.5, 0.6) is 5.75 Å². The molecule has 0 radical (unpaired) electrons. The van der Waals surface area contributed by atoms with E-state index in [0.717, 1.165) is 36.8 Å². The Kier molecular flexibility index (Phi) is 8.39. The van der Waals surface area contributed by atoms with Crippen LogP contribution in [0.4, 0.5) is 0 Å². The molecule has 2 heteroatoms. The molecule has 0 aliphatic rings. The summed E-state index contributed by atoms with van der Waals surface area (Å²) in [4.78, 5) is 0. The van der Waals surface area contributed by atoms with Gasteiger partial charge in [0.1, 0.15) is 5.75 Å². The van der Waals surface area contributed by atoms with Crippen LogP contribution in [0.25, 0.3) is 0 Å². The molecule has 0 aromatic heterocycles. The first kappa shape index (κ1) is 16.6. The van der Waals surface area contributed by atoms with E-state index in [-0.39, 0.29) is 17.4 Å². The highest BCUT2D eigenvalue weighted by molar-refractivity contribution is 5.75. The van der Waals surface area contributed by atoms with Gasteiger partial charge in [0.25, 0.3) is 0 Å². The molecule has 0 saturated carbocycles. The van der Waals surface area contributed by atoms with Crippen molar-refractivity contribution in [3.63, 3.8) is 0 Å². The molecule has 0 amide bonds. The maximum absolute atomic E-state index is 10.2. The Bertz CT molecular complexity index is 305. The number of phenols is 1. The molecule has 1 nitrogen and oxygen atoms in total. The average Bonchev–Trinajstić information content (AvgIpc) is 2.28. The van der Waals surface area contributed by atoms with Gasteiger partial charge >= 0.3 is 0 Å². The number of rotatable bonds is 6. The summed E-state index contributed by atoms with van der Waals surface area (Å²) >= 11 is 0. The summed E-state index contributed by atoms with van der Waals surface area (Å²) in [5, 5.41) is 10.2. The fraction of sp³-hybridized carbons (Fsp3) is 0.600. The van der Waals surface area contributed by atoms with Crippen LogP contribution >= 0.6 is 0 Å². The zero-order valence-corrected chi connectivity index (χ0v) is 10.8. The third-order valence-electron chi connectivity index (χ3n) is 3.01. The number of benzene rings is 1. The highest BCUT2D eigenvalue weighted by atomic mass is 27.0. The summed E-state index contributed by atoms with van der Waals surface area (Å²) in [7, 11) is 0. The molecule has 0 atom stereocenters. The number of aryl methyl sites for hydroxylation is 3. The van der Waals surface area contributed by atoms with Crippen molar-refractivity contribution in [3.05, 3.63) is 28.8 Å². The molecule has 1 aromatic carbocycles. The van der Waals surface area contributed by atoms with Crippen molar-refractivity contribution >= 4 is 17.4 Å². The quantitative estimate of drug-likeness (QED) is 0.769. The van der Waals surface area contributed by atoms with Gasteiger partial charge in [0.2, 0.25) is 0 Å². The summed E-state index contributed by atoms with van der Waals surface area (Å²) in [5.74, 6) is 0.549. The first-order chi connectivity index (χ1) is 7.69. The predicted octanol–water partition coefficient (Wildman–Crippen LogP) is 3.20. The predicted molar refractivity (Wildman–Crippen MR) is 80.0 cm³/mol. The molecular weight excluding hydrogens is 223 g/mol. The van der Waals surface area contributed by atoms with Gasteiger partial charge in [0.15, 0.2) is 17.4 Å². The van der Waals surface area contributed by atoms with Gasteiger partial charge in [-0.25, -0.2) is 0 Å². The summed E-state index contributed by atoms with van der Waals surface area (Å²) in [6, 6.07) is 4.25. The van der Waals surface area contributed by atoms with Crippen LogP contribution in [0.2, 0.25) is 0 Å². The largest absolute Gasteiger partial charge is 0.507 e. The molecular formula is C15H27AlO. The monoisotopic (exact) mass is 250 g/mol. The minimum absolute atomic E-state index is 0. The summed E-state index contributed by atoms with van der Waals surface area (Å²) in [6.07, 6.45) is 6.68. The van der Waals surface area contributed by atoms with Crippen molar-refractivity contribution in [1.29, 1.82) is 0 Å². The van der Waals surface area contributed by atoms with Crippen LogP contribution in [0.3, 0.4) is 0 Å². The fourth-order valence-electron chi connectivity index (χ4n) is 2.05. The number of hydrogen-bond acceptors (Lipinski definition) is 1. The van der Waals surface area contributed by atoms with Crippen molar-refractivity contribution in [2.75, 3.05) is 0 Å². The van der Waals surface area contributed by atoms with Gasteiger partial charge in [-0.3, -0.25) is 0 Å². The van der Waals surface area contributed by atoms with E-state index >= 15 is 0 Å². The zero-order chi connectivity index (χ0) is 12.0. The molecule has 0 unspecified atom stereocenters. The normalized spacial score (nSPS) is 10.1. The molecule has 96 valence electrons. The minimum atomic E-state index is 0. The lowest BCUT2D eigenvalue weighted by Crippen LogP contribution is -1.94. The van der Waals surface area contributed by atoms with Crippen LogP contribution in [0.1, 0.15) is 56.2 Å². The third-order valence-corrected chi connectivity index (χ3v) is 3.01. The van der Waals surface area contributed by atoms with E-state index in [9.17, 15) is 5.11 Å². The maximum Gasteiger partial charge on any atom is 0.187 e. The number of aromatic hydroxyl groups is 1. The van der Waals surface area contributed by atoms with Crippen molar-refractivity contribution < 1.29 is 5.11 Å². The Hall–Kier alpha value is -0.448. The third kappa shape index (κ3) is 5.15. The molecule has 0 spiro atoms. The van der Waals surface area contributed by atoms with Gasteiger partial charge in [0.05, 0.1) is 0 Å². The van der Waals surface area contributed by atoms with Gasteiger partial charge in [0, 0.05) is 0 Å². The van der Waals surface area contributed by atoms with Crippen LogP contribution in [0, 0.1) is 6.92 Å². The van der Waals surface area contributed by atoms with Crippen LogP contribution in [0.15, 0.2) is 12.1 Å². The molecule has 0 heterocycles. The van der Waals surface area contributed by atoms with Gasteiger partial charge in [-0.05, 0) is 43.7 Å². The Morgan fingerprint density at radius 2 is 1.35 bits per heavy atom. The Morgan fingerprint density at radius 1 is 0.941 bits per heavy atom. The van der Waals surface area contributed by atoms with Crippen molar-refractivity contribution in [2.24, 2.45) is 0 Å². The lowest BCUT2D eigenvalue weighted by atomic mass is 9.97. The van der Waals surface area contributed by atoms with E-state index in [1.807, 2.05) is 0 Å². The number of phenolic OH excluding ortho intramolecular Hbond substituents is 1. The summed E-state index contributed by atoms with van der Waals surface area (Å²) in [5.41, 5.74) is 3.54. The molecule has 1 N–H and O–H groups in total. The Balaban J connectivity index is 0.00000256. The fourth-order valence-corrected chi connectivity index (χ4v) is 2.05. The topological polar surface area (TPSA) is 20.2 Å². The first-order valence-electron chi connectivity index (χ1n) is 6.50. The minimum Gasteiger partial charge on any atom is -0.507 e. The smallest absolute Gasteiger partial charge is 0.187 e. The average molecular weight is 250 g/mol. The van der Waals surface area contributed by atoms with Crippen molar-refractivity contribution in [2.45, 2.75) is 59.3 Å². The molecule has 1 rings (SSSR count). The Morgan fingerprint density at radius 3 is 1.71 bits per heavy atom. The highest BCUT2D eigenvalue weighted by Crippen LogP contribution is 2.27. The highest BCUT2D eigenvalue weighted by Gasteiger charge is 2.07. The molecule has 17 heavy (non-hydrogen) atoms. The molecule has 1 aromatic rings. The van der Waals surface area contributed by atoms with Crippen LogP contribution < -0.4 is 0 Å². The van der Waals surface area contributed by atoms with E-state index in [2.05, 4.69) is 32.9 Å². The van der Waals surface area contributed by atoms with Gasteiger partial charge in [-0.2, -0.15) is 0 Å². The lowest BCUT2D eigenvalue weighted by Gasteiger charge is -2.11. The van der Waals surface area contributed by atoms with Gasteiger partial charge in [-0.15, -0.1) is 0 Å². The number of hydrogen-bond donors (Lipinski definition) is 1. The molecule has 0 bridgehead atoms. The van der Waals surface area contributed by atoms with E-state index in [0.29, 0.717) is 5.75 Å². The van der Waals surface area contributed by atoms with E-state index < -0.39 is 0 Å². The van der Waals surface area contributed by atoms with Gasteiger partial charge in [-0.1, -0.05) is 44.4 Å². The molecule has 0 saturated heterocycles. The van der Waals surface area contributed by atoms with Gasteiger partial charge < -0.3 is 5.11 Å². The molecule has 0 fully saturated rings. The SMILES string of the molecule is CCCCc1cc(C)cc(CCCC)c1O.[AlH3]. The summed E-state index contributed by atoms with van der Waals surface area (Å²) in [6.45, 7) is 6.49. The zero-order valence-electron chi connectivity index (χ0n) is 10.8. The number of unbranched alkanes of at least 4 members (excludes halogenated alkanes) is 2. The van der Waals surface area contributed by atoms with E-state index in [1.165, 1.54) is 18.4 Å². The second-order valence-electron chi connectivity index (χ2n) is 4.64.